The largest absolute Gasteiger partial charge is 0.481 e. The number of carboxylic acid groups (broad SMARTS) is 1. The summed E-state index contributed by atoms with van der Waals surface area (Å²) in [6, 6.07) is 3.21. The summed E-state index contributed by atoms with van der Waals surface area (Å²) < 4.78 is 14.2. The van der Waals surface area contributed by atoms with Crippen LogP contribution in [0.2, 0.25) is 0 Å². The van der Waals surface area contributed by atoms with Crippen LogP contribution in [0, 0.1) is 17.7 Å². The lowest BCUT2D eigenvalue weighted by Gasteiger charge is -2.29. The van der Waals surface area contributed by atoms with E-state index in [9.17, 15) is 14.0 Å². The van der Waals surface area contributed by atoms with Gasteiger partial charge in [0.15, 0.2) is 0 Å². The van der Waals surface area contributed by atoms with Crippen LogP contribution in [0.3, 0.4) is 0 Å². The molecule has 23 heavy (non-hydrogen) atoms. The molecular formula is C17H20FNO4. The molecule has 1 amide bonds. The van der Waals surface area contributed by atoms with Crippen LogP contribution in [0.5, 0.6) is 0 Å². The maximum Gasteiger partial charge on any atom is 0.306 e. The Labute approximate surface area is 133 Å². The molecule has 5 nitrogen and oxygen atoms in total. The zero-order valence-corrected chi connectivity index (χ0v) is 12.8. The number of carboxylic acids is 1. The van der Waals surface area contributed by atoms with Crippen molar-refractivity contribution in [3.8, 4) is 0 Å². The van der Waals surface area contributed by atoms with Crippen molar-refractivity contribution < 1.29 is 24.2 Å². The zero-order valence-electron chi connectivity index (χ0n) is 12.8. The summed E-state index contributed by atoms with van der Waals surface area (Å²) in [7, 11) is 0. The molecule has 1 fully saturated rings. The SMILES string of the molecule is O=C1c2c(ccc(CO)c2F)CN1C[C@H]1CC[C@H](C(=O)O)CC1. The van der Waals surface area contributed by atoms with Gasteiger partial charge in [-0.1, -0.05) is 12.1 Å². The van der Waals surface area contributed by atoms with Crippen molar-refractivity contribution in [2.24, 2.45) is 11.8 Å². The molecule has 1 aromatic rings. The van der Waals surface area contributed by atoms with Gasteiger partial charge in [0, 0.05) is 18.7 Å². The minimum absolute atomic E-state index is 0.0794. The van der Waals surface area contributed by atoms with Gasteiger partial charge >= 0.3 is 5.97 Å². The van der Waals surface area contributed by atoms with Gasteiger partial charge in [-0.05, 0) is 37.2 Å². The Morgan fingerprint density at radius 3 is 2.57 bits per heavy atom. The van der Waals surface area contributed by atoms with E-state index in [1.54, 1.807) is 11.0 Å². The monoisotopic (exact) mass is 321 g/mol. The van der Waals surface area contributed by atoms with Crippen LogP contribution in [-0.4, -0.2) is 33.5 Å². The lowest BCUT2D eigenvalue weighted by Crippen LogP contribution is -2.33. The number of aliphatic carboxylic acids is 1. The second kappa shape index (κ2) is 6.28. The predicted octanol–water partition coefficient (Wildman–Crippen LogP) is 2.16. The molecule has 0 bridgehead atoms. The third-order valence-corrected chi connectivity index (χ3v) is 5.02. The number of fused-ring (bicyclic) bond motifs is 1. The van der Waals surface area contributed by atoms with Gasteiger partial charge in [0.25, 0.3) is 5.91 Å². The van der Waals surface area contributed by atoms with E-state index >= 15 is 0 Å². The molecule has 0 radical (unpaired) electrons. The summed E-state index contributed by atoms with van der Waals surface area (Å²) in [5, 5.41) is 18.1. The van der Waals surface area contributed by atoms with Crippen LogP contribution in [0.15, 0.2) is 12.1 Å². The fourth-order valence-corrected chi connectivity index (χ4v) is 3.63. The molecule has 0 aromatic heterocycles. The highest BCUT2D eigenvalue weighted by molar-refractivity contribution is 5.98. The molecule has 3 rings (SSSR count). The molecule has 124 valence electrons. The number of benzene rings is 1. The third-order valence-electron chi connectivity index (χ3n) is 5.02. The lowest BCUT2D eigenvalue weighted by atomic mass is 9.82. The van der Waals surface area contributed by atoms with E-state index in [4.69, 9.17) is 10.2 Å². The Morgan fingerprint density at radius 2 is 1.96 bits per heavy atom. The van der Waals surface area contributed by atoms with Crippen molar-refractivity contribution in [2.75, 3.05) is 6.54 Å². The number of carbonyl (C=O) groups is 2. The van der Waals surface area contributed by atoms with Crippen molar-refractivity contribution in [2.45, 2.75) is 38.8 Å². The molecule has 0 unspecified atom stereocenters. The maximum atomic E-state index is 14.2. The molecule has 6 heteroatoms. The van der Waals surface area contributed by atoms with Crippen molar-refractivity contribution in [3.05, 3.63) is 34.6 Å². The molecule has 2 aliphatic rings. The van der Waals surface area contributed by atoms with E-state index < -0.39 is 18.4 Å². The minimum atomic E-state index is -0.744. The van der Waals surface area contributed by atoms with Gasteiger partial charge in [0.05, 0.1) is 18.1 Å². The van der Waals surface area contributed by atoms with Crippen LogP contribution < -0.4 is 0 Å². The summed E-state index contributed by atoms with van der Waals surface area (Å²) in [6.45, 7) is 0.495. The Kier molecular flexibility index (Phi) is 4.35. The Balaban J connectivity index is 1.67. The summed E-state index contributed by atoms with van der Waals surface area (Å²) in [4.78, 5) is 25.1. The summed E-state index contributed by atoms with van der Waals surface area (Å²) in [5.74, 6) is -1.70. The van der Waals surface area contributed by atoms with Gasteiger partial charge in [-0.2, -0.15) is 0 Å². The van der Waals surface area contributed by atoms with E-state index in [1.165, 1.54) is 6.07 Å². The van der Waals surface area contributed by atoms with Gasteiger partial charge in [0.2, 0.25) is 0 Å². The molecule has 0 saturated heterocycles. The predicted molar refractivity (Wildman–Crippen MR) is 80.1 cm³/mol. The number of hydrogen-bond donors (Lipinski definition) is 2. The first-order valence-corrected chi connectivity index (χ1v) is 7.94. The maximum absolute atomic E-state index is 14.2. The van der Waals surface area contributed by atoms with Crippen molar-refractivity contribution in [1.29, 1.82) is 0 Å². The fraction of sp³-hybridized carbons (Fsp3) is 0.529. The summed E-state index contributed by atoms with van der Waals surface area (Å²) >= 11 is 0. The van der Waals surface area contributed by atoms with E-state index in [2.05, 4.69) is 0 Å². The lowest BCUT2D eigenvalue weighted by molar-refractivity contribution is -0.143. The molecule has 1 aromatic carbocycles. The average molecular weight is 321 g/mol. The van der Waals surface area contributed by atoms with E-state index in [0.717, 1.165) is 12.8 Å². The molecule has 0 spiro atoms. The molecule has 0 atom stereocenters. The quantitative estimate of drug-likeness (QED) is 0.891. The highest BCUT2D eigenvalue weighted by atomic mass is 19.1. The Bertz CT molecular complexity index is 638. The molecule has 1 aliphatic carbocycles. The minimum Gasteiger partial charge on any atom is -0.481 e. The first kappa shape index (κ1) is 15.9. The molecule has 2 N–H and O–H groups in total. The number of nitrogens with zero attached hydrogens (tertiary/aromatic N) is 1. The average Bonchev–Trinajstić information content (AvgIpc) is 2.85. The number of rotatable bonds is 4. The fourth-order valence-electron chi connectivity index (χ4n) is 3.63. The van der Waals surface area contributed by atoms with E-state index in [-0.39, 0.29) is 28.9 Å². The second-order valence-electron chi connectivity index (χ2n) is 6.47. The Hall–Kier alpha value is -1.95. The number of aliphatic hydroxyl groups is 1. The second-order valence-corrected chi connectivity index (χ2v) is 6.47. The van der Waals surface area contributed by atoms with Gasteiger partial charge in [-0.25, -0.2) is 4.39 Å². The smallest absolute Gasteiger partial charge is 0.306 e. The Morgan fingerprint density at radius 1 is 1.26 bits per heavy atom. The van der Waals surface area contributed by atoms with Gasteiger partial charge in [-0.3, -0.25) is 9.59 Å². The highest BCUT2D eigenvalue weighted by Gasteiger charge is 2.34. The van der Waals surface area contributed by atoms with Crippen LogP contribution in [0.4, 0.5) is 4.39 Å². The topological polar surface area (TPSA) is 77.8 Å². The first-order valence-electron chi connectivity index (χ1n) is 7.94. The van der Waals surface area contributed by atoms with Crippen molar-refractivity contribution in [3.63, 3.8) is 0 Å². The van der Waals surface area contributed by atoms with E-state index in [1.807, 2.05) is 0 Å². The third kappa shape index (κ3) is 2.95. The van der Waals surface area contributed by atoms with Crippen molar-refractivity contribution in [1.82, 2.24) is 4.90 Å². The molecular weight excluding hydrogens is 301 g/mol. The van der Waals surface area contributed by atoms with Crippen LogP contribution >= 0.6 is 0 Å². The van der Waals surface area contributed by atoms with Crippen molar-refractivity contribution >= 4 is 11.9 Å². The number of amides is 1. The number of hydrogen-bond acceptors (Lipinski definition) is 3. The summed E-state index contributed by atoms with van der Waals surface area (Å²) in [5.41, 5.74) is 0.876. The first-order chi connectivity index (χ1) is 11.0. The van der Waals surface area contributed by atoms with Crippen LogP contribution in [0.25, 0.3) is 0 Å². The van der Waals surface area contributed by atoms with Gasteiger partial charge in [0.1, 0.15) is 5.82 Å². The normalized spacial score (nSPS) is 23.9. The molecule has 1 saturated carbocycles. The van der Waals surface area contributed by atoms with Gasteiger partial charge < -0.3 is 15.1 Å². The number of carbonyl (C=O) groups excluding carboxylic acids is 1. The van der Waals surface area contributed by atoms with E-state index in [0.29, 0.717) is 31.5 Å². The van der Waals surface area contributed by atoms with Crippen LogP contribution in [0.1, 0.15) is 47.2 Å². The molecule has 1 aliphatic heterocycles. The standard InChI is InChI=1S/C17H20FNO4/c18-15-13(9-20)6-5-12-8-19(16(21)14(12)15)7-10-1-3-11(4-2-10)17(22)23/h5-6,10-11,20H,1-4,7-9H2,(H,22,23)/t10-,11-. The molecule has 1 heterocycles. The summed E-state index contributed by atoms with van der Waals surface area (Å²) in [6.07, 6.45) is 2.83. The van der Waals surface area contributed by atoms with Gasteiger partial charge in [-0.15, -0.1) is 0 Å². The highest BCUT2D eigenvalue weighted by Crippen LogP contribution is 2.33. The number of halogens is 1. The number of aliphatic hydroxyl groups excluding tert-OH is 1. The van der Waals surface area contributed by atoms with Crippen LogP contribution in [-0.2, 0) is 17.9 Å². The zero-order chi connectivity index (χ0) is 16.6.